The second-order valence-electron chi connectivity index (χ2n) is 6.60. The standard InChI is InChI=1S/C22H26N4O2/c1-15-5-7-17(8-6-15)13-24-22-25-16(2)11-21(26-22)23-14-18-9-10-19(27-3)20(12-18)28-4/h5-12H,13-14H2,1-4H3,(H2,23,24,25,26). The Morgan fingerprint density at radius 1 is 0.750 bits per heavy atom. The zero-order chi connectivity index (χ0) is 19.9. The summed E-state index contributed by atoms with van der Waals surface area (Å²) in [7, 11) is 3.26. The van der Waals surface area contributed by atoms with Crippen molar-refractivity contribution in [3.63, 3.8) is 0 Å². The normalized spacial score (nSPS) is 10.4. The van der Waals surface area contributed by atoms with E-state index in [9.17, 15) is 0 Å². The van der Waals surface area contributed by atoms with Crippen LogP contribution in [-0.2, 0) is 13.1 Å². The first-order valence-corrected chi connectivity index (χ1v) is 9.17. The highest BCUT2D eigenvalue weighted by Gasteiger charge is 2.06. The molecule has 146 valence electrons. The smallest absolute Gasteiger partial charge is 0.225 e. The molecule has 0 aliphatic rings. The van der Waals surface area contributed by atoms with Gasteiger partial charge in [0.25, 0.3) is 0 Å². The summed E-state index contributed by atoms with van der Waals surface area (Å²) in [5.74, 6) is 2.80. The lowest BCUT2D eigenvalue weighted by atomic mass is 10.1. The second kappa shape index (κ2) is 9.08. The number of ether oxygens (including phenoxy) is 2. The zero-order valence-electron chi connectivity index (χ0n) is 16.7. The van der Waals surface area contributed by atoms with Gasteiger partial charge < -0.3 is 20.1 Å². The minimum absolute atomic E-state index is 0.607. The predicted octanol–water partition coefficient (Wildman–Crippen LogP) is 4.33. The van der Waals surface area contributed by atoms with Crippen molar-refractivity contribution < 1.29 is 9.47 Å². The molecule has 0 bridgehead atoms. The third-order valence-electron chi connectivity index (χ3n) is 4.35. The summed E-state index contributed by atoms with van der Waals surface area (Å²) >= 11 is 0. The van der Waals surface area contributed by atoms with Crippen LogP contribution in [0.25, 0.3) is 0 Å². The van der Waals surface area contributed by atoms with E-state index in [0.29, 0.717) is 30.5 Å². The summed E-state index contributed by atoms with van der Waals surface area (Å²) < 4.78 is 10.6. The largest absolute Gasteiger partial charge is 0.493 e. The van der Waals surface area contributed by atoms with Gasteiger partial charge in [-0.15, -0.1) is 0 Å². The quantitative estimate of drug-likeness (QED) is 0.608. The molecule has 1 heterocycles. The molecule has 0 saturated carbocycles. The van der Waals surface area contributed by atoms with Gasteiger partial charge in [-0.2, -0.15) is 4.98 Å². The molecule has 1 aromatic heterocycles. The van der Waals surface area contributed by atoms with E-state index in [-0.39, 0.29) is 0 Å². The molecule has 0 unspecified atom stereocenters. The third-order valence-corrected chi connectivity index (χ3v) is 4.35. The molecule has 0 aliphatic carbocycles. The van der Waals surface area contributed by atoms with E-state index in [2.05, 4.69) is 51.8 Å². The van der Waals surface area contributed by atoms with Crippen LogP contribution < -0.4 is 20.1 Å². The summed E-state index contributed by atoms with van der Waals surface area (Å²) in [4.78, 5) is 9.04. The summed E-state index contributed by atoms with van der Waals surface area (Å²) in [6.45, 7) is 5.34. The van der Waals surface area contributed by atoms with Crippen LogP contribution in [0.5, 0.6) is 11.5 Å². The van der Waals surface area contributed by atoms with Crippen LogP contribution in [0.3, 0.4) is 0 Å². The molecule has 0 aliphatic heterocycles. The van der Waals surface area contributed by atoms with Crippen molar-refractivity contribution in [1.82, 2.24) is 9.97 Å². The van der Waals surface area contributed by atoms with Gasteiger partial charge in [-0.1, -0.05) is 35.9 Å². The van der Waals surface area contributed by atoms with Gasteiger partial charge in [-0.25, -0.2) is 4.98 Å². The van der Waals surface area contributed by atoms with Crippen molar-refractivity contribution >= 4 is 11.8 Å². The van der Waals surface area contributed by atoms with Crippen LogP contribution in [0.1, 0.15) is 22.4 Å². The number of anilines is 2. The van der Waals surface area contributed by atoms with Crippen molar-refractivity contribution in [2.24, 2.45) is 0 Å². The monoisotopic (exact) mass is 378 g/mol. The Morgan fingerprint density at radius 2 is 1.43 bits per heavy atom. The van der Waals surface area contributed by atoms with Gasteiger partial charge in [0.1, 0.15) is 5.82 Å². The highest BCUT2D eigenvalue weighted by atomic mass is 16.5. The molecule has 0 spiro atoms. The van der Waals surface area contributed by atoms with Crippen molar-refractivity contribution in [3.05, 3.63) is 70.9 Å². The highest BCUT2D eigenvalue weighted by molar-refractivity contribution is 5.46. The molecular formula is C22H26N4O2. The van der Waals surface area contributed by atoms with Crippen molar-refractivity contribution in [3.8, 4) is 11.5 Å². The van der Waals surface area contributed by atoms with E-state index < -0.39 is 0 Å². The van der Waals surface area contributed by atoms with Gasteiger partial charge in [0, 0.05) is 24.8 Å². The molecule has 28 heavy (non-hydrogen) atoms. The Kier molecular flexibility index (Phi) is 6.32. The summed E-state index contributed by atoms with van der Waals surface area (Å²) in [5, 5.41) is 6.64. The van der Waals surface area contributed by atoms with E-state index in [1.165, 1.54) is 11.1 Å². The molecule has 3 aromatic rings. The number of aromatic nitrogens is 2. The molecule has 0 amide bonds. The molecule has 0 fully saturated rings. The topological polar surface area (TPSA) is 68.3 Å². The van der Waals surface area contributed by atoms with E-state index >= 15 is 0 Å². The summed E-state index contributed by atoms with van der Waals surface area (Å²) in [5.41, 5.74) is 4.41. The van der Waals surface area contributed by atoms with Crippen LogP contribution in [0.2, 0.25) is 0 Å². The molecule has 0 atom stereocenters. The maximum Gasteiger partial charge on any atom is 0.225 e. The first-order chi connectivity index (χ1) is 13.6. The fraction of sp³-hybridized carbons (Fsp3) is 0.273. The van der Waals surface area contributed by atoms with Crippen molar-refractivity contribution in [2.45, 2.75) is 26.9 Å². The summed E-state index contributed by atoms with van der Waals surface area (Å²) in [6, 6.07) is 16.2. The van der Waals surface area contributed by atoms with E-state index in [0.717, 1.165) is 17.1 Å². The molecule has 3 rings (SSSR count). The lowest BCUT2D eigenvalue weighted by Gasteiger charge is -2.12. The maximum atomic E-state index is 5.36. The fourth-order valence-corrected chi connectivity index (χ4v) is 2.81. The average Bonchev–Trinajstić information content (AvgIpc) is 2.71. The minimum atomic E-state index is 0.607. The molecule has 0 saturated heterocycles. The third kappa shape index (κ3) is 5.13. The number of hydrogen-bond donors (Lipinski definition) is 2. The number of nitrogens with zero attached hydrogens (tertiary/aromatic N) is 2. The van der Waals surface area contributed by atoms with Crippen LogP contribution >= 0.6 is 0 Å². The van der Waals surface area contributed by atoms with Gasteiger partial charge in [-0.3, -0.25) is 0 Å². The number of nitrogens with one attached hydrogen (secondary N) is 2. The molecule has 6 nitrogen and oxygen atoms in total. The Bertz CT molecular complexity index is 926. The number of aryl methyl sites for hydroxylation is 2. The molecule has 2 aromatic carbocycles. The first-order valence-electron chi connectivity index (χ1n) is 9.17. The SMILES string of the molecule is COc1ccc(CNc2cc(C)nc(NCc3ccc(C)cc3)n2)cc1OC. The van der Waals surface area contributed by atoms with Crippen molar-refractivity contribution in [1.29, 1.82) is 0 Å². The van der Waals surface area contributed by atoms with Gasteiger partial charge in [-0.05, 0) is 37.1 Å². The second-order valence-corrected chi connectivity index (χ2v) is 6.60. The van der Waals surface area contributed by atoms with Crippen LogP contribution in [0, 0.1) is 13.8 Å². The Morgan fingerprint density at radius 3 is 2.14 bits per heavy atom. The summed E-state index contributed by atoms with van der Waals surface area (Å²) in [6.07, 6.45) is 0. The first kappa shape index (κ1) is 19.5. The van der Waals surface area contributed by atoms with E-state index in [4.69, 9.17) is 9.47 Å². The predicted molar refractivity (Wildman–Crippen MR) is 112 cm³/mol. The van der Waals surface area contributed by atoms with E-state index in [1.54, 1.807) is 14.2 Å². The van der Waals surface area contributed by atoms with Crippen LogP contribution in [0.4, 0.5) is 11.8 Å². The maximum absolute atomic E-state index is 5.36. The number of hydrogen-bond acceptors (Lipinski definition) is 6. The number of methoxy groups -OCH3 is 2. The molecule has 0 radical (unpaired) electrons. The number of rotatable bonds is 8. The van der Waals surface area contributed by atoms with Gasteiger partial charge >= 0.3 is 0 Å². The van der Waals surface area contributed by atoms with E-state index in [1.807, 2.05) is 31.2 Å². The number of benzene rings is 2. The molecule has 6 heteroatoms. The zero-order valence-corrected chi connectivity index (χ0v) is 16.7. The Balaban J connectivity index is 1.65. The average molecular weight is 378 g/mol. The van der Waals surface area contributed by atoms with Gasteiger partial charge in [0.05, 0.1) is 14.2 Å². The Labute approximate surface area is 166 Å². The molecule has 2 N–H and O–H groups in total. The fourth-order valence-electron chi connectivity index (χ4n) is 2.81. The van der Waals surface area contributed by atoms with Gasteiger partial charge in [0.2, 0.25) is 5.95 Å². The minimum Gasteiger partial charge on any atom is -0.493 e. The Hall–Kier alpha value is -3.28. The highest BCUT2D eigenvalue weighted by Crippen LogP contribution is 2.27. The lowest BCUT2D eigenvalue weighted by molar-refractivity contribution is 0.354. The van der Waals surface area contributed by atoms with Crippen LogP contribution in [0.15, 0.2) is 48.5 Å². The van der Waals surface area contributed by atoms with Crippen LogP contribution in [-0.4, -0.2) is 24.2 Å². The lowest BCUT2D eigenvalue weighted by Crippen LogP contribution is -2.08. The van der Waals surface area contributed by atoms with Gasteiger partial charge in [0.15, 0.2) is 11.5 Å². The molecular weight excluding hydrogens is 352 g/mol. The van der Waals surface area contributed by atoms with Crippen molar-refractivity contribution in [2.75, 3.05) is 24.9 Å².